The molecule has 2 heteroatoms. The van der Waals surface area contributed by atoms with Crippen molar-refractivity contribution < 1.29 is 9.47 Å². The summed E-state index contributed by atoms with van der Waals surface area (Å²) in [5.74, 6) is 0. The Hall–Kier alpha value is -0.0800. The van der Waals surface area contributed by atoms with E-state index >= 15 is 0 Å². The fourth-order valence-corrected chi connectivity index (χ4v) is 2.67. The van der Waals surface area contributed by atoms with Gasteiger partial charge in [0.25, 0.3) is 0 Å². The Balaban J connectivity index is 5.15. The van der Waals surface area contributed by atoms with Crippen molar-refractivity contribution in [1.82, 2.24) is 0 Å². The van der Waals surface area contributed by atoms with Crippen LogP contribution in [-0.4, -0.2) is 25.9 Å². The quantitative estimate of drug-likeness (QED) is 0.718. The second kappa shape index (κ2) is 5.71. The lowest BCUT2D eigenvalue weighted by atomic mass is 9.71. The normalized spacial score (nSPS) is 16.1. The van der Waals surface area contributed by atoms with Crippen LogP contribution in [0, 0.1) is 10.8 Å². The summed E-state index contributed by atoms with van der Waals surface area (Å²) in [6.45, 7) is 15.6. The van der Waals surface area contributed by atoms with Crippen molar-refractivity contribution in [1.29, 1.82) is 0 Å². The Bertz CT molecular complexity index is 204. The zero-order chi connectivity index (χ0) is 13.9. The SMILES string of the molecule is COC(C)C(CC(C)(C)C)(CC(C)(C)C)OC. The van der Waals surface area contributed by atoms with Crippen molar-refractivity contribution in [3.8, 4) is 0 Å². The van der Waals surface area contributed by atoms with E-state index in [-0.39, 0.29) is 22.5 Å². The van der Waals surface area contributed by atoms with Gasteiger partial charge < -0.3 is 9.47 Å². The molecule has 0 aromatic carbocycles. The Kier molecular flexibility index (Phi) is 5.68. The first kappa shape index (κ1) is 16.9. The molecule has 0 aliphatic carbocycles. The molecular weight excluding hydrogens is 212 g/mol. The molecule has 2 nitrogen and oxygen atoms in total. The van der Waals surface area contributed by atoms with Gasteiger partial charge in [-0.1, -0.05) is 41.5 Å². The van der Waals surface area contributed by atoms with Crippen LogP contribution < -0.4 is 0 Å². The average molecular weight is 244 g/mol. The molecule has 0 aliphatic heterocycles. The molecule has 0 N–H and O–H groups in total. The standard InChI is InChI=1S/C15H32O2/c1-12(16-8)15(17-9,10-13(2,3)4)11-14(5,6)7/h12H,10-11H2,1-9H3. The van der Waals surface area contributed by atoms with Crippen LogP contribution in [0.2, 0.25) is 0 Å². The molecule has 0 aromatic rings. The van der Waals surface area contributed by atoms with E-state index in [0.717, 1.165) is 12.8 Å². The largest absolute Gasteiger partial charge is 0.379 e. The van der Waals surface area contributed by atoms with E-state index in [1.807, 2.05) is 7.11 Å². The molecule has 0 fully saturated rings. The van der Waals surface area contributed by atoms with E-state index in [0.29, 0.717) is 0 Å². The van der Waals surface area contributed by atoms with Gasteiger partial charge >= 0.3 is 0 Å². The predicted molar refractivity (Wildman–Crippen MR) is 74.4 cm³/mol. The van der Waals surface area contributed by atoms with Crippen molar-refractivity contribution in [2.24, 2.45) is 10.8 Å². The van der Waals surface area contributed by atoms with Crippen molar-refractivity contribution in [3.63, 3.8) is 0 Å². The third-order valence-electron chi connectivity index (χ3n) is 3.16. The van der Waals surface area contributed by atoms with Gasteiger partial charge in [0.1, 0.15) is 0 Å². The minimum atomic E-state index is -0.203. The minimum absolute atomic E-state index is 0.103. The van der Waals surface area contributed by atoms with Crippen LogP contribution in [0.15, 0.2) is 0 Å². The maximum absolute atomic E-state index is 5.92. The minimum Gasteiger partial charge on any atom is -0.379 e. The van der Waals surface area contributed by atoms with Crippen LogP contribution in [-0.2, 0) is 9.47 Å². The molecule has 0 radical (unpaired) electrons. The molecule has 0 heterocycles. The summed E-state index contributed by atoms with van der Waals surface area (Å²) >= 11 is 0. The fraction of sp³-hybridized carbons (Fsp3) is 1.00. The lowest BCUT2D eigenvalue weighted by molar-refractivity contribution is -0.145. The molecule has 0 saturated heterocycles. The predicted octanol–water partition coefficient (Wildman–Crippen LogP) is 4.28. The zero-order valence-electron chi connectivity index (χ0n) is 13.3. The molecule has 0 bridgehead atoms. The molecule has 17 heavy (non-hydrogen) atoms. The van der Waals surface area contributed by atoms with Crippen LogP contribution >= 0.6 is 0 Å². The third kappa shape index (κ3) is 5.87. The van der Waals surface area contributed by atoms with Crippen LogP contribution in [0.25, 0.3) is 0 Å². The zero-order valence-corrected chi connectivity index (χ0v) is 13.3. The van der Waals surface area contributed by atoms with Gasteiger partial charge in [-0.15, -0.1) is 0 Å². The first-order valence-electron chi connectivity index (χ1n) is 6.54. The molecule has 0 saturated carbocycles. The van der Waals surface area contributed by atoms with Gasteiger partial charge in [0.15, 0.2) is 0 Å². The second-order valence-corrected chi connectivity index (χ2v) is 7.62. The summed E-state index contributed by atoms with van der Waals surface area (Å²) < 4.78 is 11.5. The van der Waals surface area contributed by atoms with Gasteiger partial charge in [-0.3, -0.25) is 0 Å². The number of hydrogen-bond acceptors (Lipinski definition) is 2. The third-order valence-corrected chi connectivity index (χ3v) is 3.16. The number of ether oxygens (including phenoxy) is 2. The Morgan fingerprint density at radius 1 is 0.824 bits per heavy atom. The van der Waals surface area contributed by atoms with Gasteiger partial charge in [-0.25, -0.2) is 0 Å². The highest BCUT2D eigenvalue weighted by Crippen LogP contribution is 2.41. The molecule has 1 unspecified atom stereocenters. The highest BCUT2D eigenvalue weighted by atomic mass is 16.5. The van der Waals surface area contributed by atoms with E-state index < -0.39 is 0 Å². The summed E-state index contributed by atoms with van der Waals surface area (Å²) in [6.07, 6.45) is 2.11. The second-order valence-electron chi connectivity index (χ2n) is 7.62. The van der Waals surface area contributed by atoms with Crippen molar-refractivity contribution in [2.45, 2.75) is 73.0 Å². The Morgan fingerprint density at radius 2 is 1.18 bits per heavy atom. The fourth-order valence-electron chi connectivity index (χ4n) is 2.67. The molecule has 0 rings (SSSR count). The van der Waals surface area contributed by atoms with Crippen molar-refractivity contribution >= 4 is 0 Å². The maximum Gasteiger partial charge on any atom is 0.0946 e. The van der Waals surface area contributed by atoms with Gasteiger partial charge in [0.2, 0.25) is 0 Å². The number of methoxy groups -OCH3 is 2. The monoisotopic (exact) mass is 244 g/mol. The Morgan fingerprint density at radius 3 is 1.35 bits per heavy atom. The molecule has 1 atom stereocenters. The van der Waals surface area contributed by atoms with E-state index in [9.17, 15) is 0 Å². The van der Waals surface area contributed by atoms with Gasteiger partial charge in [0, 0.05) is 14.2 Å². The van der Waals surface area contributed by atoms with Gasteiger partial charge in [-0.2, -0.15) is 0 Å². The molecule has 104 valence electrons. The molecule has 0 spiro atoms. The summed E-state index contributed by atoms with van der Waals surface area (Å²) in [5.41, 5.74) is 0.257. The van der Waals surface area contributed by atoms with Crippen molar-refractivity contribution in [2.75, 3.05) is 14.2 Å². The highest BCUT2D eigenvalue weighted by Gasteiger charge is 2.42. The maximum atomic E-state index is 5.92. The molecule has 0 aliphatic rings. The summed E-state index contributed by atoms with van der Waals surface area (Å²) in [4.78, 5) is 0. The lowest BCUT2D eigenvalue weighted by Crippen LogP contribution is -2.48. The van der Waals surface area contributed by atoms with Gasteiger partial charge in [-0.05, 0) is 30.6 Å². The smallest absolute Gasteiger partial charge is 0.0946 e. The first-order chi connectivity index (χ1) is 7.46. The molecule has 0 amide bonds. The number of hydrogen-bond donors (Lipinski definition) is 0. The van der Waals surface area contributed by atoms with E-state index in [4.69, 9.17) is 9.47 Å². The molecular formula is C15H32O2. The van der Waals surface area contributed by atoms with E-state index in [1.54, 1.807) is 7.11 Å². The highest BCUT2D eigenvalue weighted by molar-refractivity contribution is 4.94. The molecule has 0 aromatic heterocycles. The first-order valence-corrected chi connectivity index (χ1v) is 6.54. The van der Waals surface area contributed by atoms with Crippen LogP contribution in [0.5, 0.6) is 0 Å². The van der Waals surface area contributed by atoms with E-state index in [2.05, 4.69) is 48.5 Å². The van der Waals surface area contributed by atoms with Crippen LogP contribution in [0.1, 0.15) is 61.3 Å². The summed E-state index contributed by atoms with van der Waals surface area (Å²) in [7, 11) is 3.58. The lowest BCUT2D eigenvalue weighted by Gasteiger charge is -2.44. The summed E-state index contributed by atoms with van der Waals surface area (Å²) in [6, 6.07) is 0. The average Bonchev–Trinajstić information content (AvgIpc) is 2.10. The van der Waals surface area contributed by atoms with E-state index in [1.165, 1.54) is 0 Å². The van der Waals surface area contributed by atoms with Crippen LogP contribution in [0.4, 0.5) is 0 Å². The topological polar surface area (TPSA) is 18.5 Å². The van der Waals surface area contributed by atoms with Gasteiger partial charge in [0.05, 0.1) is 11.7 Å². The van der Waals surface area contributed by atoms with Crippen LogP contribution in [0.3, 0.4) is 0 Å². The Labute approximate surface area is 108 Å². The van der Waals surface area contributed by atoms with Crippen molar-refractivity contribution in [3.05, 3.63) is 0 Å². The number of rotatable bonds is 5. The summed E-state index contributed by atoms with van der Waals surface area (Å²) in [5, 5.41) is 0.